The van der Waals surface area contributed by atoms with E-state index in [4.69, 9.17) is 20.8 Å². The SMILES string of the molecule is Cc1cc(OCc2ccc(/C=C/C(=O)c3cccc(OC(F)F)c3)o2)ccc1Cl. The van der Waals surface area contributed by atoms with Crippen LogP contribution in [0.15, 0.2) is 65.1 Å². The summed E-state index contributed by atoms with van der Waals surface area (Å²) in [6, 6.07) is 14.4. The molecule has 0 radical (unpaired) electrons. The van der Waals surface area contributed by atoms with Crippen molar-refractivity contribution in [3.63, 3.8) is 0 Å². The van der Waals surface area contributed by atoms with Crippen molar-refractivity contribution in [3.05, 3.63) is 88.3 Å². The summed E-state index contributed by atoms with van der Waals surface area (Å²) in [6.45, 7) is -0.843. The van der Waals surface area contributed by atoms with Gasteiger partial charge in [-0.25, -0.2) is 0 Å². The van der Waals surface area contributed by atoms with Gasteiger partial charge < -0.3 is 13.9 Å². The van der Waals surface area contributed by atoms with Gasteiger partial charge in [0.1, 0.15) is 29.6 Å². The number of rotatable bonds is 8. The van der Waals surface area contributed by atoms with Crippen LogP contribution < -0.4 is 9.47 Å². The van der Waals surface area contributed by atoms with Gasteiger partial charge in [-0.15, -0.1) is 0 Å². The molecule has 1 aromatic heterocycles. The van der Waals surface area contributed by atoms with E-state index in [0.717, 1.165) is 5.56 Å². The predicted octanol–water partition coefficient (Wildman–Crippen LogP) is 6.32. The molecule has 0 N–H and O–H groups in total. The smallest absolute Gasteiger partial charge is 0.387 e. The van der Waals surface area contributed by atoms with E-state index in [9.17, 15) is 13.6 Å². The Bertz CT molecular complexity index is 1030. The molecule has 7 heteroatoms. The van der Waals surface area contributed by atoms with Crippen molar-refractivity contribution in [2.75, 3.05) is 0 Å². The standard InChI is InChI=1S/C22H17ClF2O4/c1-14-11-17(7-9-20(14)23)27-13-19-6-5-16(28-19)8-10-21(26)15-3-2-4-18(12-15)29-22(24)25/h2-12,22H,13H2,1H3/b10-8+. The number of aryl methyl sites for hydroxylation is 1. The zero-order chi connectivity index (χ0) is 20.8. The first-order valence-electron chi connectivity index (χ1n) is 8.65. The van der Waals surface area contributed by atoms with Gasteiger partial charge in [-0.05, 0) is 67.1 Å². The molecule has 0 amide bonds. The van der Waals surface area contributed by atoms with Crippen molar-refractivity contribution in [1.82, 2.24) is 0 Å². The lowest BCUT2D eigenvalue weighted by molar-refractivity contribution is -0.0498. The Morgan fingerprint density at radius 2 is 1.97 bits per heavy atom. The second-order valence-electron chi connectivity index (χ2n) is 6.11. The van der Waals surface area contributed by atoms with Gasteiger partial charge >= 0.3 is 6.61 Å². The van der Waals surface area contributed by atoms with Crippen LogP contribution in [-0.2, 0) is 6.61 Å². The molecule has 0 atom stereocenters. The summed E-state index contributed by atoms with van der Waals surface area (Å²) in [7, 11) is 0. The monoisotopic (exact) mass is 418 g/mol. The van der Waals surface area contributed by atoms with E-state index in [2.05, 4.69) is 4.74 Å². The number of carbonyl (C=O) groups excluding carboxylic acids is 1. The van der Waals surface area contributed by atoms with Gasteiger partial charge in [0.15, 0.2) is 5.78 Å². The van der Waals surface area contributed by atoms with Gasteiger partial charge in [-0.3, -0.25) is 4.79 Å². The molecule has 0 saturated carbocycles. The van der Waals surface area contributed by atoms with Crippen LogP contribution in [0.2, 0.25) is 5.02 Å². The normalized spacial score (nSPS) is 11.2. The quantitative estimate of drug-likeness (QED) is 0.317. The molecular formula is C22H17ClF2O4. The fraction of sp³-hybridized carbons (Fsp3) is 0.136. The van der Waals surface area contributed by atoms with Crippen LogP contribution in [0.25, 0.3) is 6.08 Å². The van der Waals surface area contributed by atoms with Gasteiger partial charge in [-0.2, -0.15) is 8.78 Å². The number of carbonyl (C=O) groups is 1. The number of halogens is 3. The van der Waals surface area contributed by atoms with Gasteiger partial charge in [0.05, 0.1) is 0 Å². The van der Waals surface area contributed by atoms with E-state index in [1.54, 1.807) is 24.3 Å². The first kappa shape index (κ1) is 20.6. The number of hydrogen-bond acceptors (Lipinski definition) is 4. The van der Waals surface area contributed by atoms with E-state index >= 15 is 0 Å². The Morgan fingerprint density at radius 1 is 1.14 bits per heavy atom. The highest BCUT2D eigenvalue weighted by atomic mass is 35.5. The highest BCUT2D eigenvalue weighted by Crippen LogP contribution is 2.22. The maximum Gasteiger partial charge on any atom is 0.387 e. The Hall–Kier alpha value is -3.12. The first-order chi connectivity index (χ1) is 13.9. The van der Waals surface area contributed by atoms with Crippen LogP contribution in [0.1, 0.15) is 27.4 Å². The fourth-order valence-electron chi connectivity index (χ4n) is 2.50. The van der Waals surface area contributed by atoms with E-state index in [0.29, 0.717) is 22.3 Å². The highest BCUT2D eigenvalue weighted by Gasteiger charge is 2.08. The molecule has 0 aliphatic rings. The first-order valence-corrected chi connectivity index (χ1v) is 9.03. The van der Waals surface area contributed by atoms with Gasteiger partial charge in [0.2, 0.25) is 0 Å². The molecule has 1 heterocycles. The van der Waals surface area contributed by atoms with Crippen molar-refractivity contribution in [3.8, 4) is 11.5 Å². The lowest BCUT2D eigenvalue weighted by atomic mass is 10.1. The Kier molecular flexibility index (Phi) is 6.67. The summed E-state index contributed by atoms with van der Waals surface area (Å²) in [6.07, 6.45) is 2.80. The van der Waals surface area contributed by atoms with Gasteiger partial charge in [0, 0.05) is 10.6 Å². The van der Waals surface area contributed by atoms with E-state index in [-0.39, 0.29) is 23.7 Å². The van der Waals surface area contributed by atoms with E-state index in [1.165, 1.54) is 36.4 Å². The van der Waals surface area contributed by atoms with Gasteiger partial charge in [0.25, 0.3) is 0 Å². The summed E-state index contributed by atoms with van der Waals surface area (Å²) in [5.74, 6) is 1.27. The van der Waals surface area contributed by atoms with Crippen LogP contribution in [0, 0.1) is 6.92 Å². The highest BCUT2D eigenvalue weighted by molar-refractivity contribution is 6.31. The summed E-state index contributed by atoms with van der Waals surface area (Å²) < 4.78 is 40.1. The zero-order valence-electron chi connectivity index (χ0n) is 15.4. The molecule has 0 unspecified atom stereocenters. The van der Waals surface area contributed by atoms with Crippen molar-refractivity contribution in [1.29, 1.82) is 0 Å². The molecule has 0 aliphatic heterocycles. The maximum atomic E-state index is 12.3. The van der Waals surface area contributed by atoms with Crippen LogP contribution in [0.4, 0.5) is 8.78 Å². The lowest BCUT2D eigenvalue weighted by Crippen LogP contribution is -2.03. The molecule has 0 aliphatic carbocycles. The third-order valence-corrected chi connectivity index (χ3v) is 4.36. The maximum absolute atomic E-state index is 12.3. The van der Waals surface area contributed by atoms with Crippen LogP contribution >= 0.6 is 11.6 Å². The molecule has 3 rings (SSSR count). The molecule has 29 heavy (non-hydrogen) atoms. The number of ketones is 1. The third-order valence-electron chi connectivity index (χ3n) is 3.94. The largest absolute Gasteiger partial charge is 0.486 e. The fourth-order valence-corrected chi connectivity index (χ4v) is 2.62. The van der Waals surface area contributed by atoms with Crippen molar-refractivity contribution >= 4 is 23.5 Å². The molecule has 0 spiro atoms. The average molecular weight is 419 g/mol. The van der Waals surface area contributed by atoms with Crippen LogP contribution in [-0.4, -0.2) is 12.4 Å². The minimum atomic E-state index is -2.95. The van der Waals surface area contributed by atoms with E-state index in [1.807, 2.05) is 13.0 Å². The van der Waals surface area contributed by atoms with Crippen LogP contribution in [0.5, 0.6) is 11.5 Å². The van der Waals surface area contributed by atoms with Crippen LogP contribution in [0.3, 0.4) is 0 Å². The second-order valence-corrected chi connectivity index (χ2v) is 6.51. The molecule has 0 saturated heterocycles. The molecule has 4 nitrogen and oxygen atoms in total. The van der Waals surface area contributed by atoms with Crippen molar-refractivity contribution in [2.45, 2.75) is 20.1 Å². The average Bonchev–Trinajstić information content (AvgIpc) is 3.14. The molecule has 150 valence electrons. The molecule has 3 aromatic rings. The number of hydrogen-bond donors (Lipinski definition) is 0. The second kappa shape index (κ2) is 9.39. The third kappa shape index (κ3) is 5.93. The molecule has 0 bridgehead atoms. The Balaban J connectivity index is 1.59. The topological polar surface area (TPSA) is 48.7 Å². The number of furan rings is 1. The summed E-state index contributed by atoms with van der Waals surface area (Å²) >= 11 is 5.99. The number of allylic oxidation sites excluding steroid dienone is 1. The molecular weight excluding hydrogens is 402 g/mol. The van der Waals surface area contributed by atoms with E-state index < -0.39 is 6.61 Å². The molecule has 0 fully saturated rings. The number of alkyl halides is 2. The summed E-state index contributed by atoms with van der Waals surface area (Å²) in [4.78, 5) is 12.2. The number of ether oxygens (including phenoxy) is 2. The van der Waals surface area contributed by atoms with Gasteiger partial charge in [-0.1, -0.05) is 23.7 Å². The Morgan fingerprint density at radius 3 is 2.72 bits per heavy atom. The zero-order valence-corrected chi connectivity index (χ0v) is 16.2. The lowest BCUT2D eigenvalue weighted by Gasteiger charge is -2.06. The summed E-state index contributed by atoms with van der Waals surface area (Å²) in [5, 5.41) is 0.666. The summed E-state index contributed by atoms with van der Waals surface area (Å²) in [5.41, 5.74) is 1.14. The van der Waals surface area contributed by atoms with Crippen molar-refractivity contribution in [2.24, 2.45) is 0 Å². The minimum absolute atomic E-state index is 0.0749. The Labute approximate surface area is 171 Å². The minimum Gasteiger partial charge on any atom is -0.486 e. The predicted molar refractivity (Wildman–Crippen MR) is 106 cm³/mol. The van der Waals surface area contributed by atoms with Crippen molar-refractivity contribution < 1.29 is 27.5 Å². The number of benzene rings is 2. The molecule has 2 aromatic carbocycles.